The van der Waals surface area contributed by atoms with Gasteiger partial charge in [0, 0.05) is 16.3 Å². The number of aromatic nitrogens is 4. The van der Waals surface area contributed by atoms with Crippen LogP contribution in [0, 0.1) is 6.92 Å². The van der Waals surface area contributed by atoms with Gasteiger partial charge in [-0.25, -0.2) is 9.97 Å². The number of nitrogens with zero attached hydrogens (tertiary/aromatic N) is 3. The predicted octanol–water partition coefficient (Wildman–Crippen LogP) is 4.26. The van der Waals surface area contributed by atoms with Crippen LogP contribution < -0.4 is 5.32 Å². The Morgan fingerprint density at radius 1 is 1.31 bits per heavy atom. The molecule has 1 amide bonds. The van der Waals surface area contributed by atoms with E-state index in [9.17, 15) is 4.79 Å². The van der Waals surface area contributed by atoms with Crippen molar-refractivity contribution in [3.63, 3.8) is 0 Å². The first-order chi connectivity index (χ1) is 12.3. The smallest absolute Gasteiger partial charge is 0.272 e. The number of H-pyrrole nitrogens is 1. The Labute approximate surface area is 164 Å². The van der Waals surface area contributed by atoms with Crippen molar-refractivity contribution in [3.05, 3.63) is 63.2 Å². The average Bonchev–Trinajstić information content (AvgIpc) is 3.02. The van der Waals surface area contributed by atoms with Gasteiger partial charge in [-0.2, -0.15) is 5.10 Å². The highest BCUT2D eigenvalue weighted by atomic mass is 79.9. The maximum absolute atomic E-state index is 12.7. The lowest BCUT2D eigenvalue weighted by Gasteiger charge is -2.24. The quantitative estimate of drug-likeness (QED) is 0.643. The maximum atomic E-state index is 12.7. The van der Waals surface area contributed by atoms with Gasteiger partial charge >= 0.3 is 0 Å². The SMILES string of the molecule is Cc1cc(C(C)(C)NC(=O)c2cnc(Br)c(-c3cccc(Cl)c3)n2)n[nH]1. The molecule has 3 aromatic rings. The number of carbonyl (C=O) groups is 1. The molecule has 0 aliphatic heterocycles. The maximum Gasteiger partial charge on any atom is 0.272 e. The largest absolute Gasteiger partial charge is 0.340 e. The van der Waals surface area contributed by atoms with E-state index in [2.05, 4.69) is 41.4 Å². The van der Waals surface area contributed by atoms with E-state index < -0.39 is 5.54 Å². The van der Waals surface area contributed by atoms with Crippen molar-refractivity contribution in [3.8, 4) is 11.3 Å². The van der Waals surface area contributed by atoms with E-state index in [4.69, 9.17) is 11.6 Å². The topological polar surface area (TPSA) is 83.6 Å². The second kappa shape index (κ2) is 7.17. The standard InChI is InChI=1S/C18H17BrClN5O/c1-10-7-14(25-24-10)18(2,3)23-17(26)13-9-21-16(19)15(22-13)11-5-4-6-12(20)8-11/h4-9H,1-3H3,(H,23,26)(H,24,25). The fourth-order valence-electron chi connectivity index (χ4n) is 2.45. The Morgan fingerprint density at radius 2 is 2.08 bits per heavy atom. The second-order valence-corrected chi connectivity index (χ2v) is 7.61. The molecule has 0 spiro atoms. The number of carbonyl (C=O) groups excluding carboxylic acids is 1. The number of aryl methyl sites for hydroxylation is 1. The van der Waals surface area contributed by atoms with Crippen LogP contribution in [0.1, 0.15) is 35.7 Å². The van der Waals surface area contributed by atoms with Gasteiger partial charge in [0.15, 0.2) is 0 Å². The molecule has 8 heteroatoms. The lowest BCUT2D eigenvalue weighted by molar-refractivity contribution is 0.0905. The number of rotatable bonds is 4. The summed E-state index contributed by atoms with van der Waals surface area (Å²) in [4.78, 5) is 21.4. The molecular formula is C18H17BrClN5O. The second-order valence-electron chi connectivity index (χ2n) is 6.42. The molecule has 0 fully saturated rings. The fraction of sp³-hybridized carbons (Fsp3) is 0.222. The van der Waals surface area contributed by atoms with E-state index >= 15 is 0 Å². The third kappa shape index (κ3) is 3.94. The Morgan fingerprint density at radius 3 is 2.73 bits per heavy atom. The average molecular weight is 435 g/mol. The lowest BCUT2D eigenvalue weighted by atomic mass is 10.0. The third-order valence-corrected chi connectivity index (χ3v) is 4.65. The van der Waals surface area contributed by atoms with E-state index in [-0.39, 0.29) is 11.6 Å². The first-order valence-corrected chi connectivity index (χ1v) is 9.07. The molecule has 2 heterocycles. The Bertz CT molecular complexity index is 970. The molecule has 0 aliphatic carbocycles. The van der Waals surface area contributed by atoms with Crippen LogP contribution in [0.4, 0.5) is 0 Å². The molecule has 6 nitrogen and oxygen atoms in total. The minimum Gasteiger partial charge on any atom is -0.340 e. The first kappa shape index (κ1) is 18.5. The summed E-state index contributed by atoms with van der Waals surface area (Å²) in [6.07, 6.45) is 1.43. The Kier molecular flexibility index (Phi) is 5.11. The van der Waals surface area contributed by atoms with Crippen molar-refractivity contribution < 1.29 is 4.79 Å². The van der Waals surface area contributed by atoms with Gasteiger partial charge in [-0.15, -0.1) is 0 Å². The van der Waals surface area contributed by atoms with Crippen LogP contribution in [0.5, 0.6) is 0 Å². The number of hydrogen-bond acceptors (Lipinski definition) is 4. The number of nitrogens with one attached hydrogen (secondary N) is 2. The molecule has 0 unspecified atom stereocenters. The van der Waals surface area contributed by atoms with E-state index in [1.807, 2.05) is 39.0 Å². The molecule has 0 radical (unpaired) electrons. The van der Waals surface area contributed by atoms with Crippen LogP contribution in [0.3, 0.4) is 0 Å². The number of benzene rings is 1. The van der Waals surface area contributed by atoms with Gasteiger partial charge in [0.1, 0.15) is 16.0 Å². The van der Waals surface area contributed by atoms with Gasteiger partial charge in [0.2, 0.25) is 0 Å². The van der Waals surface area contributed by atoms with Crippen LogP contribution in [0.15, 0.2) is 41.1 Å². The first-order valence-electron chi connectivity index (χ1n) is 7.90. The molecule has 0 atom stereocenters. The molecule has 134 valence electrons. The summed E-state index contributed by atoms with van der Waals surface area (Å²) in [6.45, 7) is 5.67. The highest BCUT2D eigenvalue weighted by Gasteiger charge is 2.27. The summed E-state index contributed by atoms with van der Waals surface area (Å²) in [7, 11) is 0. The van der Waals surface area contributed by atoms with Gasteiger partial charge in [0.25, 0.3) is 5.91 Å². The molecule has 3 rings (SSSR count). The Balaban J connectivity index is 1.90. The number of halogens is 2. The van der Waals surface area contributed by atoms with Crippen molar-refractivity contribution >= 4 is 33.4 Å². The monoisotopic (exact) mass is 433 g/mol. The molecule has 2 aromatic heterocycles. The van der Waals surface area contributed by atoms with E-state index in [1.165, 1.54) is 6.20 Å². The van der Waals surface area contributed by atoms with Gasteiger partial charge in [0.05, 0.1) is 17.4 Å². The van der Waals surface area contributed by atoms with Crippen LogP contribution in [-0.2, 0) is 5.54 Å². The summed E-state index contributed by atoms with van der Waals surface area (Å²) in [6, 6.07) is 9.12. The van der Waals surface area contributed by atoms with Gasteiger partial charge < -0.3 is 5.32 Å². The predicted molar refractivity (Wildman–Crippen MR) is 104 cm³/mol. The minimum atomic E-state index is -0.660. The van der Waals surface area contributed by atoms with Crippen molar-refractivity contribution in [2.24, 2.45) is 0 Å². The number of hydrogen-bond donors (Lipinski definition) is 2. The van der Waals surface area contributed by atoms with Crippen molar-refractivity contribution in [1.29, 1.82) is 0 Å². The van der Waals surface area contributed by atoms with Gasteiger partial charge in [-0.3, -0.25) is 9.89 Å². The highest BCUT2D eigenvalue weighted by molar-refractivity contribution is 9.10. The van der Waals surface area contributed by atoms with Gasteiger partial charge in [-0.1, -0.05) is 23.7 Å². The van der Waals surface area contributed by atoms with Crippen LogP contribution in [0.2, 0.25) is 5.02 Å². The highest BCUT2D eigenvalue weighted by Crippen LogP contribution is 2.27. The summed E-state index contributed by atoms with van der Waals surface area (Å²) in [5.74, 6) is -0.334. The van der Waals surface area contributed by atoms with E-state index in [0.717, 1.165) is 17.0 Å². The summed E-state index contributed by atoms with van der Waals surface area (Å²) in [5.41, 5.74) is 2.54. The van der Waals surface area contributed by atoms with Crippen molar-refractivity contribution in [2.75, 3.05) is 0 Å². The molecule has 0 aliphatic rings. The zero-order chi connectivity index (χ0) is 18.9. The number of aromatic amines is 1. The van der Waals surface area contributed by atoms with Gasteiger partial charge in [-0.05, 0) is 54.9 Å². The Hall–Kier alpha value is -2.25. The summed E-state index contributed by atoms with van der Waals surface area (Å²) >= 11 is 9.43. The molecule has 0 bridgehead atoms. The summed E-state index contributed by atoms with van der Waals surface area (Å²) in [5, 5.41) is 10.6. The van der Waals surface area contributed by atoms with E-state index in [0.29, 0.717) is 15.3 Å². The zero-order valence-corrected chi connectivity index (χ0v) is 16.8. The molecular weight excluding hydrogens is 418 g/mol. The normalized spacial score (nSPS) is 11.4. The minimum absolute atomic E-state index is 0.212. The van der Waals surface area contributed by atoms with E-state index in [1.54, 1.807) is 12.1 Å². The molecule has 26 heavy (non-hydrogen) atoms. The van der Waals surface area contributed by atoms with Crippen LogP contribution in [0.25, 0.3) is 11.3 Å². The molecule has 0 saturated heterocycles. The fourth-order valence-corrected chi connectivity index (χ4v) is 3.06. The third-order valence-electron chi connectivity index (χ3n) is 3.83. The molecule has 2 N–H and O–H groups in total. The van der Waals surface area contributed by atoms with Crippen molar-refractivity contribution in [2.45, 2.75) is 26.3 Å². The van der Waals surface area contributed by atoms with Crippen molar-refractivity contribution in [1.82, 2.24) is 25.5 Å². The van der Waals surface area contributed by atoms with Crippen LogP contribution in [-0.4, -0.2) is 26.1 Å². The molecule has 1 aromatic carbocycles. The lowest BCUT2D eigenvalue weighted by Crippen LogP contribution is -2.41. The molecule has 0 saturated carbocycles. The zero-order valence-electron chi connectivity index (χ0n) is 14.5. The number of amides is 1. The van der Waals surface area contributed by atoms with Crippen LogP contribution >= 0.6 is 27.5 Å². The summed E-state index contributed by atoms with van der Waals surface area (Å²) < 4.78 is 0.540.